The smallest absolute Gasteiger partial charge is 0.0649 e. The summed E-state index contributed by atoms with van der Waals surface area (Å²) in [6.07, 6.45) is 1.09. The van der Waals surface area contributed by atoms with E-state index in [1.54, 1.807) is 0 Å². The standard InChI is InChI=1S/C18H21Br/c1-5-15-6-8-16(9-7-15)18(19)17-13(3)10-12(2)11-14(17)4/h6-11,18H,5H2,1-4H3. The molecule has 100 valence electrons. The molecule has 2 aromatic rings. The SMILES string of the molecule is CCc1ccc(C(Br)c2c(C)cc(C)cc2C)cc1. The molecule has 1 heteroatoms. The first kappa shape index (κ1) is 14.3. The average molecular weight is 317 g/mol. The first-order valence-electron chi connectivity index (χ1n) is 6.83. The van der Waals surface area contributed by atoms with Gasteiger partial charge < -0.3 is 0 Å². The Morgan fingerprint density at radius 1 is 0.947 bits per heavy atom. The number of aryl methyl sites for hydroxylation is 4. The van der Waals surface area contributed by atoms with E-state index in [9.17, 15) is 0 Å². The van der Waals surface area contributed by atoms with Crippen LogP contribution in [-0.4, -0.2) is 0 Å². The van der Waals surface area contributed by atoms with Crippen molar-refractivity contribution >= 4 is 15.9 Å². The number of alkyl halides is 1. The van der Waals surface area contributed by atoms with Crippen LogP contribution in [0.2, 0.25) is 0 Å². The molecule has 0 bridgehead atoms. The highest BCUT2D eigenvalue weighted by Crippen LogP contribution is 2.35. The lowest BCUT2D eigenvalue weighted by Crippen LogP contribution is -2.00. The largest absolute Gasteiger partial charge is 0.0786 e. The van der Waals surface area contributed by atoms with Crippen LogP contribution in [0.5, 0.6) is 0 Å². The van der Waals surface area contributed by atoms with Gasteiger partial charge in [-0.2, -0.15) is 0 Å². The molecule has 0 saturated carbocycles. The van der Waals surface area contributed by atoms with Gasteiger partial charge in [-0.1, -0.05) is 64.8 Å². The normalized spacial score (nSPS) is 12.5. The summed E-state index contributed by atoms with van der Waals surface area (Å²) < 4.78 is 0. The summed E-state index contributed by atoms with van der Waals surface area (Å²) in [6, 6.07) is 13.4. The molecule has 1 atom stereocenters. The molecule has 0 aliphatic heterocycles. The van der Waals surface area contributed by atoms with Crippen LogP contribution in [0.15, 0.2) is 36.4 Å². The molecule has 0 radical (unpaired) electrons. The Hall–Kier alpha value is -1.08. The van der Waals surface area contributed by atoms with Gasteiger partial charge in [-0.3, -0.25) is 0 Å². The number of hydrogen-bond acceptors (Lipinski definition) is 0. The molecule has 2 rings (SSSR count). The highest BCUT2D eigenvalue weighted by atomic mass is 79.9. The summed E-state index contributed by atoms with van der Waals surface area (Å²) in [7, 11) is 0. The summed E-state index contributed by atoms with van der Waals surface area (Å²) in [5.41, 5.74) is 8.17. The van der Waals surface area contributed by atoms with E-state index in [2.05, 4.69) is 80.0 Å². The molecular weight excluding hydrogens is 296 g/mol. The molecule has 0 N–H and O–H groups in total. The lowest BCUT2D eigenvalue weighted by atomic mass is 9.94. The molecule has 0 saturated heterocycles. The average Bonchev–Trinajstić information content (AvgIpc) is 2.37. The molecule has 0 aliphatic carbocycles. The maximum absolute atomic E-state index is 3.87. The monoisotopic (exact) mass is 316 g/mol. The maximum atomic E-state index is 3.87. The quantitative estimate of drug-likeness (QED) is 0.641. The Bertz CT molecular complexity index is 544. The first-order chi connectivity index (χ1) is 9.02. The Kier molecular flexibility index (Phi) is 4.46. The zero-order chi connectivity index (χ0) is 14.0. The predicted octanol–water partition coefficient (Wildman–Crippen LogP) is 5.66. The molecule has 0 fully saturated rings. The van der Waals surface area contributed by atoms with Crippen molar-refractivity contribution in [3.8, 4) is 0 Å². The van der Waals surface area contributed by atoms with E-state index < -0.39 is 0 Å². The number of benzene rings is 2. The summed E-state index contributed by atoms with van der Waals surface area (Å²) >= 11 is 3.87. The molecule has 0 aliphatic rings. The van der Waals surface area contributed by atoms with Crippen molar-refractivity contribution in [3.05, 3.63) is 69.8 Å². The lowest BCUT2D eigenvalue weighted by molar-refractivity contribution is 1.08. The van der Waals surface area contributed by atoms with E-state index in [4.69, 9.17) is 0 Å². The van der Waals surface area contributed by atoms with Crippen molar-refractivity contribution in [2.75, 3.05) is 0 Å². The molecule has 0 aromatic heterocycles. The van der Waals surface area contributed by atoms with Crippen LogP contribution >= 0.6 is 15.9 Å². The maximum Gasteiger partial charge on any atom is 0.0649 e. The fourth-order valence-electron chi connectivity index (χ4n) is 2.68. The summed E-state index contributed by atoms with van der Waals surface area (Å²) in [4.78, 5) is 0.277. The fraction of sp³-hybridized carbons (Fsp3) is 0.333. The van der Waals surface area contributed by atoms with Crippen LogP contribution < -0.4 is 0 Å². The zero-order valence-corrected chi connectivity index (χ0v) is 13.7. The van der Waals surface area contributed by atoms with Gasteiger partial charge in [0.2, 0.25) is 0 Å². The second-order valence-electron chi connectivity index (χ2n) is 5.27. The van der Waals surface area contributed by atoms with Crippen molar-refractivity contribution in [2.24, 2.45) is 0 Å². The second kappa shape index (κ2) is 5.92. The van der Waals surface area contributed by atoms with Crippen LogP contribution in [0.4, 0.5) is 0 Å². The minimum absolute atomic E-state index is 0.277. The molecule has 0 nitrogen and oxygen atoms in total. The molecule has 2 aromatic carbocycles. The highest BCUT2D eigenvalue weighted by Gasteiger charge is 2.15. The zero-order valence-electron chi connectivity index (χ0n) is 12.1. The minimum atomic E-state index is 0.277. The first-order valence-corrected chi connectivity index (χ1v) is 7.75. The third-order valence-electron chi connectivity index (χ3n) is 3.67. The summed E-state index contributed by atoms with van der Waals surface area (Å²) in [5, 5.41) is 0. The number of rotatable bonds is 3. The Labute approximate surface area is 125 Å². The van der Waals surface area contributed by atoms with Gasteiger partial charge in [0.1, 0.15) is 0 Å². The van der Waals surface area contributed by atoms with Crippen molar-refractivity contribution in [2.45, 2.75) is 38.9 Å². The Balaban J connectivity index is 2.40. The van der Waals surface area contributed by atoms with E-state index in [0.29, 0.717) is 0 Å². The van der Waals surface area contributed by atoms with Gasteiger partial charge in [-0.05, 0) is 55.0 Å². The second-order valence-corrected chi connectivity index (χ2v) is 6.19. The molecule has 0 amide bonds. The molecule has 0 spiro atoms. The van der Waals surface area contributed by atoms with E-state index in [-0.39, 0.29) is 4.83 Å². The highest BCUT2D eigenvalue weighted by molar-refractivity contribution is 9.09. The fourth-order valence-corrected chi connectivity index (χ4v) is 3.71. The van der Waals surface area contributed by atoms with Gasteiger partial charge in [0.15, 0.2) is 0 Å². The Morgan fingerprint density at radius 2 is 1.47 bits per heavy atom. The van der Waals surface area contributed by atoms with Gasteiger partial charge in [-0.25, -0.2) is 0 Å². The topological polar surface area (TPSA) is 0 Å². The van der Waals surface area contributed by atoms with Crippen molar-refractivity contribution in [3.63, 3.8) is 0 Å². The molecule has 0 heterocycles. The lowest BCUT2D eigenvalue weighted by Gasteiger charge is -2.18. The number of hydrogen-bond donors (Lipinski definition) is 0. The van der Waals surface area contributed by atoms with Gasteiger partial charge in [-0.15, -0.1) is 0 Å². The van der Waals surface area contributed by atoms with Gasteiger partial charge in [0.25, 0.3) is 0 Å². The van der Waals surface area contributed by atoms with E-state index in [1.807, 2.05) is 0 Å². The van der Waals surface area contributed by atoms with Crippen molar-refractivity contribution < 1.29 is 0 Å². The van der Waals surface area contributed by atoms with Crippen LogP contribution in [0.3, 0.4) is 0 Å². The number of halogens is 1. The van der Waals surface area contributed by atoms with Crippen LogP contribution in [-0.2, 0) is 6.42 Å². The van der Waals surface area contributed by atoms with Crippen LogP contribution in [0.25, 0.3) is 0 Å². The predicted molar refractivity (Wildman–Crippen MR) is 87.2 cm³/mol. The van der Waals surface area contributed by atoms with Crippen molar-refractivity contribution in [1.29, 1.82) is 0 Å². The Morgan fingerprint density at radius 3 is 1.95 bits per heavy atom. The third kappa shape index (κ3) is 3.09. The van der Waals surface area contributed by atoms with Gasteiger partial charge >= 0.3 is 0 Å². The van der Waals surface area contributed by atoms with E-state index in [0.717, 1.165) is 6.42 Å². The van der Waals surface area contributed by atoms with Crippen molar-refractivity contribution in [1.82, 2.24) is 0 Å². The summed E-state index contributed by atoms with van der Waals surface area (Å²) in [6.45, 7) is 8.74. The van der Waals surface area contributed by atoms with Gasteiger partial charge in [0.05, 0.1) is 4.83 Å². The third-order valence-corrected chi connectivity index (χ3v) is 4.66. The van der Waals surface area contributed by atoms with Gasteiger partial charge in [0, 0.05) is 0 Å². The van der Waals surface area contributed by atoms with Crippen LogP contribution in [0, 0.1) is 20.8 Å². The van der Waals surface area contributed by atoms with E-state index in [1.165, 1.54) is 33.4 Å². The van der Waals surface area contributed by atoms with E-state index >= 15 is 0 Å². The molecular formula is C18H21Br. The molecule has 1 unspecified atom stereocenters. The van der Waals surface area contributed by atoms with Crippen LogP contribution in [0.1, 0.15) is 45.1 Å². The minimum Gasteiger partial charge on any atom is -0.0786 e. The summed E-state index contributed by atoms with van der Waals surface area (Å²) in [5.74, 6) is 0. The molecule has 19 heavy (non-hydrogen) atoms.